The van der Waals surface area contributed by atoms with E-state index < -0.39 is 6.09 Å². The molecule has 1 aliphatic rings. The fourth-order valence-corrected chi connectivity index (χ4v) is 5.50. The Morgan fingerprint density at radius 3 is 2.45 bits per heavy atom. The third kappa shape index (κ3) is 10.1. The first-order valence-electron chi connectivity index (χ1n) is 14.9. The van der Waals surface area contributed by atoms with Crippen LogP contribution >= 0.6 is 15.9 Å². The number of ether oxygens (including phenoxy) is 6. The van der Waals surface area contributed by atoms with Gasteiger partial charge in [-0.05, 0) is 63.8 Å². The van der Waals surface area contributed by atoms with Gasteiger partial charge >= 0.3 is 6.09 Å². The Morgan fingerprint density at radius 2 is 1.68 bits per heavy atom. The van der Waals surface area contributed by atoms with Gasteiger partial charge in [0.15, 0.2) is 0 Å². The summed E-state index contributed by atoms with van der Waals surface area (Å²) in [5.41, 5.74) is 3.08. The van der Waals surface area contributed by atoms with Crippen molar-refractivity contribution in [1.82, 2.24) is 4.90 Å². The first-order valence-corrected chi connectivity index (χ1v) is 15.7. The molecule has 1 saturated heterocycles. The summed E-state index contributed by atoms with van der Waals surface area (Å²) >= 11 is 3.55. The molecule has 3 aromatic carbocycles. The first kappa shape index (κ1) is 33.6. The minimum Gasteiger partial charge on any atom is -0.496 e. The molecule has 1 aliphatic heterocycles. The van der Waals surface area contributed by atoms with Gasteiger partial charge in [-0.15, -0.1) is 0 Å². The highest BCUT2D eigenvalue weighted by atomic mass is 79.9. The summed E-state index contributed by atoms with van der Waals surface area (Å²) in [4.78, 5) is 13.2. The highest BCUT2D eigenvalue weighted by molar-refractivity contribution is 9.10. The lowest BCUT2D eigenvalue weighted by Gasteiger charge is -2.37. The number of methoxy groups -OCH3 is 2. The summed E-state index contributed by atoms with van der Waals surface area (Å²) in [5, 5.41) is 9.65. The van der Waals surface area contributed by atoms with Crippen LogP contribution < -0.4 is 14.2 Å². The molecule has 0 spiro atoms. The van der Waals surface area contributed by atoms with Crippen LogP contribution in [0.1, 0.15) is 41.9 Å². The summed E-state index contributed by atoms with van der Waals surface area (Å²) in [6.07, 6.45) is 1.01. The van der Waals surface area contributed by atoms with Crippen molar-refractivity contribution in [2.75, 3.05) is 53.7 Å². The molecule has 2 atom stereocenters. The predicted octanol–water partition coefficient (Wildman–Crippen LogP) is 6.91. The van der Waals surface area contributed by atoms with E-state index in [-0.39, 0.29) is 12.0 Å². The molecule has 1 fully saturated rings. The fraction of sp³-hybridized carbons (Fsp3) is 0.441. The van der Waals surface area contributed by atoms with Crippen LogP contribution in [0, 0.1) is 0 Å². The molecule has 0 aromatic heterocycles. The highest BCUT2D eigenvalue weighted by Crippen LogP contribution is 2.33. The molecule has 10 heteroatoms. The van der Waals surface area contributed by atoms with Crippen LogP contribution in [0.3, 0.4) is 0 Å². The molecule has 0 bridgehead atoms. The Hall–Kier alpha value is -3.31. The number of halogens is 1. The second kappa shape index (κ2) is 17.9. The molecule has 1 N–H and O–H groups in total. The van der Waals surface area contributed by atoms with E-state index in [0.717, 1.165) is 51.3 Å². The van der Waals surface area contributed by atoms with E-state index in [9.17, 15) is 9.90 Å². The van der Waals surface area contributed by atoms with Crippen molar-refractivity contribution in [3.63, 3.8) is 0 Å². The van der Waals surface area contributed by atoms with E-state index in [1.807, 2.05) is 54.6 Å². The average Bonchev–Trinajstić information content (AvgIpc) is 3.05. The van der Waals surface area contributed by atoms with Gasteiger partial charge in [-0.1, -0.05) is 36.4 Å². The number of hydrogen-bond acceptors (Lipinski definition) is 7. The summed E-state index contributed by atoms with van der Waals surface area (Å²) in [6.45, 7) is 3.92. The monoisotopic (exact) mass is 671 g/mol. The molecule has 1 amide bonds. The maximum absolute atomic E-state index is 11.8. The number of carbonyl (C=O) groups is 1. The standard InChI is InChI=1S/C34H42BrNO8/c1-39-17-5-20-43-32-21-25(9-14-30(32)35)23-44-33-22-36(34(37)38)16-15-29(33)26-10-12-28(13-11-26)42-19-6-18-41-24-27-7-3-4-8-31(27)40-2/h3-4,7-14,21,29,33H,5-6,15-20,22-24H2,1-2H3,(H,37,38). The quantitative estimate of drug-likeness (QED) is 0.155. The Labute approximate surface area is 268 Å². The zero-order valence-corrected chi connectivity index (χ0v) is 27.0. The molecule has 3 aromatic rings. The van der Waals surface area contributed by atoms with Gasteiger partial charge in [-0.25, -0.2) is 4.79 Å². The molecular weight excluding hydrogens is 630 g/mol. The zero-order chi connectivity index (χ0) is 31.1. The largest absolute Gasteiger partial charge is 0.496 e. The minimum absolute atomic E-state index is 0.0586. The van der Waals surface area contributed by atoms with Gasteiger partial charge < -0.3 is 38.4 Å². The van der Waals surface area contributed by atoms with E-state index in [4.69, 9.17) is 28.4 Å². The molecule has 9 nitrogen and oxygen atoms in total. The second-order valence-electron chi connectivity index (χ2n) is 10.6. The summed E-state index contributed by atoms with van der Waals surface area (Å²) in [5.74, 6) is 2.41. The average molecular weight is 673 g/mol. The van der Waals surface area contributed by atoms with E-state index >= 15 is 0 Å². The van der Waals surface area contributed by atoms with Gasteiger partial charge in [0.05, 0.1) is 57.3 Å². The Morgan fingerprint density at radius 1 is 0.909 bits per heavy atom. The van der Waals surface area contributed by atoms with Gasteiger partial charge in [-0.3, -0.25) is 0 Å². The summed E-state index contributed by atoms with van der Waals surface area (Å²) in [7, 11) is 3.33. The lowest BCUT2D eigenvalue weighted by Crippen LogP contribution is -2.46. The van der Waals surface area contributed by atoms with Crippen molar-refractivity contribution < 1.29 is 38.3 Å². The molecule has 0 radical (unpaired) electrons. The van der Waals surface area contributed by atoms with Gasteiger partial charge in [0.1, 0.15) is 17.2 Å². The molecule has 0 saturated carbocycles. The van der Waals surface area contributed by atoms with Crippen LogP contribution in [-0.4, -0.2) is 75.9 Å². The molecule has 1 heterocycles. The zero-order valence-electron chi connectivity index (χ0n) is 25.4. The van der Waals surface area contributed by atoms with Crippen LogP contribution in [-0.2, 0) is 27.4 Å². The molecule has 0 aliphatic carbocycles. The van der Waals surface area contributed by atoms with Gasteiger partial charge in [0.25, 0.3) is 0 Å². The summed E-state index contributed by atoms with van der Waals surface area (Å²) < 4.78 is 35.4. The lowest BCUT2D eigenvalue weighted by atomic mass is 9.87. The van der Waals surface area contributed by atoms with E-state index in [1.54, 1.807) is 14.2 Å². The number of benzene rings is 3. The first-order chi connectivity index (χ1) is 21.5. The van der Waals surface area contributed by atoms with Crippen molar-refractivity contribution in [3.05, 3.63) is 87.9 Å². The SMILES string of the molecule is COCCCOc1cc(COC2CN(C(=O)O)CCC2c2ccc(OCCCOCc3ccccc3OC)cc2)ccc1Br. The summed E-state index contributed by atoms with van der Waals surface area (Å²) in [6, 6.07) is 21.7. The van der Waals surface area contributed by atoms with Crippen LogP contribution in [0.25, 0.3) is 0 Å². The van der Waals surface area contributed by atoms with Crippen molar-refractivity contribution in [2.45, 2.75) is 44.5 Å². The van der Waals surface area contributed by atoms with Crippen molar-refractivity contribution >= 4 is 22.0 Å². The Balaban J connectivity index is 1.28. The van der Waals surface area contributed by atoms with E-state index in [0.29, 0.717) is 59.2 Å². The topological polar surface area (TPSA) is 95.9 Å². The third-order valence-electron chi connectivity index (χ3n) is 7.50. The minimum atomic E-state index is -0.928. The number of nitrogens with zero attached hydrogens (tertiary/aromatic N) is 1. The lowest BCUT2D eigenvalue weighted by molar-refractivity contribution is -0.0200. The maximum atomic E-state index is 11.8. The number of piperidine rings is 1. The highest BCUT2D eigenvalue weighted by Gasteiger charge is 2.33. The second-order valence-corrected chi connectivity index (χ2v) is 11.4. The van der Waals surface area contributed by atoms with Crippen LogP contribution in [0.5, 0.6) is 17.2 Å². The predicted molar refractivity (Wildman–Crippen MR) is 171 cm³/mol. The van der Waals surface area contributed by atoms with Gasteiger partial charge in [0.2, 0.25) is 0 Å². The van der Waals surface area contributed by atoms with E-state index in [2.05, 4.69) is 28.1 Å². The van der Waals surface area contributed by atoms with Crippen molar-refractivity contribution in [1.29, 1.82) is 0 Å². The number of likely N-dealkylation sites (tertiary alicyclic amines) is 1. The smallest absolute Gasteiger partial charge is 0.407 e. The number of para-hydroxylation sites is 1. The van der Waals surface area contributed by atoms with E-state index in [1.165, 1.54) is 4.90 Å². The van der Waals surface area contributed by atoms with Crippen LogP contribution in [0.4, 0.5) is 4.79 Å². The fourth-order valence-electron chi connectivity index (χ4n) is 5.14. The maximum Gasteiger partial charge on any atom is 0.407 e. The number of amides is 1. The Bertz CT molecular complexity index is 1300. The molecular formula is C34H42BrNO8. The molecule has 44 heavy (non-hydrogen) atoms. The van der Waals surface area contributed by atoms with Gasteiger partial charge in [-0.2, -0.15) is 0 Å². The van der Waals surface area contributed by atoms with Crippen LogP contribution in [0.15, 0.2) is 71.2 Å². The number of rotatable bonds is 17. The molecule has 4 rings (SSSR count). The molecule has 238 valence electrons. The number of carboxylic acid groups (broad SMARTS) is 1. The number of hydrogen-bond donors (Lipinski definition) is 1. The Kier molecular flexibility index (Phi) is 13.6. The van der Waals surface area contributed by atoms with Crippen LogP contribution in [0.2, 0.25) is 0 Å². The molecule has 2 unspecified atom stereocenters. The third-order valence-corrected chi connectivity index (χ3v) is 8.15. The van der Waals surface area contributed by atoms with Gasteiger partial charge in [0, 0.05) is 44.6 Å². The van der Waals surface area contributed by atoms with Crippen molar-refractivity contribution in [2.24, 2.45) is 0 Å². The normalized spacial score (nSPS) is 16.5. The van der Waals surface area contributed by atoms with Crippen molar-refractivity contribution in [3.8, 4) is 17.2 Å².